The van der Waals surface area contributed by atoms with Crippen molar-refractivity contribution >= 4 is 0 Å². The normalized spacial score (nSPS) is 10.6. The molecular weight excluding hydrogens is 267 g/mol. The zero-order valence-corrected chi connectivity index (χ0v) is 10.7. The van der Waals surface area contributed by atoms with E-state index in [2.05, 4.69) is 0 Å². The summed E-state index contributed by atoms with van der Waals surface area (Å²) in [5.41, 5.74) is 6.02. The second-order valence-electron chi connectivity index (χ2n) is 4.32. The highest BCUT2D eigenvalue weighted by Crippen LogP contribution is 2.29. The highest BCUT2D eigenvalue weighted by molar-refractivity contribution is 5.39. The lowest BCUT2D eigenvalue weighted by Gasteiger charge is -2.11. The van der Waals surface area contributed by atoms with E-state index in [1.807, 2.05) is 0 Å². The summed E-state index contributed by atoms with van der Waals surface area (Å²) in [6.45, 7) is 0.459. The highest BCUT2D eigenvalue weighted by Gasteiger charge is 2.10. The number of rotatable bonds is 5. The van der Waals surface area contributed by atoms with Gasteiger partial charge in [0.15, 0.2) is 11.6 Å². The Morgan fingerprint density at radius 3 is 2.20 bits per heavy atom. The molecule has 2 aromatic rings. The third kappa shape index (κ3) is 3.51. The summed E-state index contributed by atoms with van der Waals surface area (Å²) < 4.78 is 45.0. The van der Waals surface area contributed by atoms with Crippen LogP contribution in [0.25, 0.3) is 0 Å². The zero-order chi connectivity index (χ0) is 14.5. The first-order valence-corrected chi connectivity index (χ1v) is 6.21. The number of hydrogen-bond acceptors (Lipinski definition) is 2. The highest BCUT2D eigenvalue weighted by atomic mass is 19.1. The van der Waals surface area contributed by atoms with Gasteiger partial charge in [0, 0.05) is 6.07 Å². The molecule has 0 heterocycles. The van der Waals surface area contributed by atoms with Gasteiger partial charge >= 0.3 is 0 Å². The van der Waals surface area contributed by atoms with Gasteiger partial charge in [0.05, 0.1) is 0 Å². The number of benzene rings is 2. The molecule has 0 saturated heterocycles. The first-order valence-electron chi connectivity index (χ1n) is 6.21. The predicted molar refractivity (Wildman–Crippen MR) is 70.2 cm³/mol. The maximum atomic E-state index is 13.5. The number of hydrogen-bond donors (Lipinski definition) is 1. The van der Waals surface area contributed by atoms with Crippen molar-refractivity contribution in [1.82, 2.24) is 0 Å². The summed E-state index contributed by atoms with van der Waals surface area (Å²) in [6.07, 6.45) is 1.18. The molecule has 0 aliphatic heterocycles. The molecule has 0 bridgehead atoms. The van der Waals surface area contributed by atoms with E-state index in [-0.39, 0.29) is 5.75 Å². The first kappa shape index (κ1) is 14.4. The summed E-state index contributed by atoms with van der Waals surface area (Å²) in [7, 11) is 0. The zero-order valence-electron chi connectivity index (χ0n) is 10.7. The lowest BCUT2D eigenvalue weighted by atomic mass is 10.1. The number of aryl methyl sites for hydroxylation is 1. The molecule has 0 radical (unpaired) electrons. The summed E-state index contributed by atoms with van der Waals surface area (Å²) in [4.78, 5) is 0. The Bertz CT molecular complexity index is 602. The van der Waals surface area contributed by atoms with E-state index < -0.39 is 17.5 Å². The van der Waals surface area contributed by atoms with Crippen LogP contribution < -0.4 is 10.5 Å². The van der Waals surface area contributed by atoms with E-state index in [1.165, 1.54) is 24.3 Å². The van der Waals surface area contributed by atoms with Crippen molar-refractivity contribution in [3.05, 3.63) is 59.4 Å². The van der Waals surface area contributed by atoms with Gasteiger partial charge < -0.3 is 10.5 Å². The first-order chi connectivity index (χ1) is 9.60. The van der Waals surface area contributed by atoms with E-state index in [0.717, 1.165) is 12.1 Å². The molecule has 0 atom stereocenters. The Morgan fingerprint density at radius 2 is 1.55 bits per heavy atom. The Hall–Kier alpha value is -2.01. The lowest BCUT2D eigenvalue weighted by Crippen LogP contribution is -2.02. The molecule has 0 aromatic heterocycles. The van der Waals surface area contributed by atoms with Crippen molar-refractivity contribution in [1.29, 1.82) is 0 Å². The molecule has 0 aliphatic rings. The third-order valence-electron chi connectivity index (χ3n) is 2.79. The summed E-state index contributed by atoms with van der Waals surface area (Å²) in [5.74, 6) is -1.65. The van der Waals surface area contributed by atoms with E-state index >= 15 is 0 Å². The van der Waals surface area contributed by atoms with Crippen molar-refractivity contribution in [3.8, 4) is 11.5 Å². The Balaban J connectivity index is 2.27. The molecule has 2 N–H and O–H groups in total. The Kier molecular flexibility index (Phi) is 4.63. The molecular formula is C15H14F3NO. The van der Waals surface area contributed by atoms with Crippen LogP contribution in [0.1, 0.15) is 12.0 Å². The average Bonchev–Trinajstić information content (AvgIpc) is 2.41. The monoisotopic (exact) mass is 281 g/mol. The number of nitrogens with two attached hydrogens (primary N) is 1. The second-order valence-corrected chi connectivity index (χ2v) is 4.32. The predicted octanol–water partition coefficient (Wildman–Crippen LogP) is 3.79. The molecule has 20 heavy (non-hydrogen) atoms. The SMILES string of the molecule is NCCCc1cc(F)ccc1Oc1ccc(F)cc1F. The molecule has 2 rings (SSSR count). The topological polar surface area (TPSA) is 35.2 Å². The fourth-order valence-electron chi connectivity index (χ4n) is 1.81. The Labute approximate surface area is 115 Å². The minimum absolute atomic E-state index is 0.105. The van der Waals surface area contributed by atoms with E-state index in [4.69, 9.17) is 10.5 Å². The van der Waals surface area contributed by atoms with Crippen LogP contribution >= 0.6 is 0 Å². The summed E-state index contributed by atoms with van der Waals surface area (Å²) in [6, 6.07) is 7.00. The van der Waals surface area contributed by atoms with Crippen LogP contribution in [0.3, 0.4) is 0 Å². The van der Waals surface area contributed by atoms with Crippen LogP contribution in [0, 0.1) is 17.5 Å². The quantitative estimate of drug-likeness (QED) is 0.905. The van der Waals surface area contributed by atoms with Gasteiger partial charge in [-0.15, -0.1) is 0 Å². The smallest absolute Gasteiger partial charge is 0.168 e. The number of ether oxygens (including phenoxy) is 1. The van der Waals surface area contributed by atoms with Gasteiger partial charge in [0.2, 0.25) is 0 Å². The van der Waals surface area contributed by atoms with Gasteiger partial charge in [-0.1, -0.05) is 0 Å². The van der Waals surface area contributed by atoms with Crippen molar-refractivity contribution in [2.75, 3.05) is 6.54 Å². The number of halogens is 3. The van der Waals surface area contributed by atoms with Crippen molar-refractivity contribution in [2.24, 2.45) is 5.73 Å². The molecule has 2 aromatic carbocycles. The molecule has 0 amide bonds. The second kappa shape index (κ2) is 6.43. The van der Waals surface area contributed by atoms with Crippen LogP contribution in [-0.4, -0.2) is 6.54 Å². The van der Waals surface area contributed by atoms with Crippen LogP contribution in [0.2, 0.25) is 0 Å². The molecule has 0 saturated carbocycles. The van der Waals surface area contributed by atoms with Gasteiger partial charge in [0.1, 0.15) is 17.4 Å². The largest absolute Gasteiger partial charge is 0.454 e. The molecule has 0 unspecified atom stereocenters. The van der Waals surface area contributed by atoms with E-state index in [0.29, 0.717) is 30.7 Å². The van der Waals surface area contributed by atoms with Gasteiger partial charge in [-0.2, -0.15) is 0 Å². The minimum atomic E-state index is -0.806. The van der Waals surface area contributed by atoms with Gasteiger partial charge in [-0.3, -0.25) is 0 Å². The maximum absolute atomic E-state index is 13.5. The third-order valence-corrected chi connectivity index (χ3v) is 2.79. The molecule has 0 spiro atoms. The van der Waals surface area contributed by atoms with Gasteiger partial charge in [0.25, 0.3) is 0 Å². The molecule has 106 valence electrons. The summed E-state index contributed by atoms with van der Waals surface area (Å²) in [5, 5.41) is 0. The molecule has 0 aliphatic carbocycles. The lowest BCUT2D eigenvalue weighted by molar-refractivity contribution is 0.431. The molecule has 2 nitrogen and oxygen atoms in total. The van der Waals surface area contributed by atoms with Crippen molar-refractivity contribution in [2.45, 2.75) is 12.8 Å². The fraction of sp³-hybridized carbons (Fsp3) is 0.200. The van der Waals surface area contributed by atoms with Crippen LogP contribution in [0.4, 0.5) is 13.2 Å². The van der Waals surface area contributed by atoms with Gasteiger partial charge in [-0.25, -0.2) is 13.2 Å². The minimum Gasteiger partial charge on any atom is -0.454 e. The summed E-state index contributed by atoms with van der Waals surface area (Å²) >= 11 is 0. The van der Waals surface area contributed by atoms with E-state index in [9.17, 15) is 13.2 Å². The van der Waals surface area contributed by atoms with Crippen LogP contribution in [-0.2, 0) is 6.42 Å². The van der Waals surface area contributed by atoms with Crippen molar-refractivity contribution in [3.63, 3.8) is 0 Å². The van der Waals surface area contributed by atoms with Gasteiger partial charge in [-0.05, 0) is 55.3 Å². The fourth-order valence-corrected chi connectivity index (χ4v) is 1.81. The van der Waals surface area contributed by atoms with E-state index in [1.54, 1.807) is 0 Å². The Morgan fingerprint density at radius 1 is 0.900 bits per heavy atom. The molecule has 5 heteroatoms. The van der Waals surface area contributed by atoms with Crippen molar-refractivity contribution < 1.29 is 17.9 Å². The average molecular weight is 281 g/mol. The standard InChI is InChI=1S/C15H14F3NO/c16-11-3-5-14(10(8-11)2-1-7-19)20-15-6-4-12(17)9-13(15)18/h3-6,8-9H,1-2,7,19H2. The van der Waals surface area contributed by atoms with Crippen LogP contribution in [0.5, 0.6) is 11.5 Å². The molecule has 0 fully saturated rings. The van der Waals surface area contributed by atoms with Crippen LogP contribution in [0.15, 0.2) is 36.4 Å². The maximum Gasteiger partial charge on any atom is 0.168 e.